The van der Waals surface area contributed by atoms with Crippen LogP contribution < -0.4 is 10.1 Å². The second-order valence-electron chi connectivity index (χ2n) is 5.15. The molecular formula is C17H15N3O3S. The number of thiazole rings is 1. The van der Waals surface area contributed by atoms with Gasteiger partial charge in [-0.3, -0.25) is 10.1 Å². The molecule has 1 aromatic heterocycles. The van der Waals surface area contributed by atoms with Crippen molar-refractivity contribution in [2.24, 2.45) is 0 Å². The third kappa shape index (κ3) is 3.88. The van der Waals surface area contributed by atoms with E-state index in [1.54, 1.807) is 18.2 Å². The van der Waals surface area contributed by atoms with Crippen LogP contribution in [0.1, 0.15) is 11.3 Å². The number of hydrogen-bond acceptors (Lipinski definition) is 6. The molecule has 0 amide bonds. The molecule has 0 saturated carbocycles. The van der Waals surface area contributed by atoms with Gasteiger partial charge in [0.1, 0.15) is 6.61 Å². The topological polar surface area (TPSA) is 77.3 Å². The van der Waals surface area contributed by atoms with Gasteiger partial charge in [0.15, 0.2) is 10.9 Å². The third-order valence-electron chi connectivity index (χ3n) is 3.29. The van der Waals surface area contributed by atoms with Gasteiger partial charge in [0.25, 0.3) is 0 Å². The third-order valence-corrected chi connectivity index (χ3v) is 4.10. The molecule has 0 aliphatic rings. The highest BCUT2D eigenvalue weighted by atomic mass is 32.1. The number of para-hydroxylation sites is 2. The van der Waals surface area contributed by atoms with Gasteiger partial charge in [-0.2, -0.15) is 0 Å². The summed E-state index contributed by atoms with van der Waals surface area (Å²) in [6.07, 6.45) is 0. The van der Waals surface area contributed by atoms with Crippen molar-refractivity contribution in [1.29, 1.82) is 0 Å². The molecule has 3 aromatic rings. The largest absolute Gasteiger partial charge is 0.480 e. The summed E-state index contributed by atoms with van der Waals surface area (Å²) in [6, 6.07) is 14.3. The minimum absolute atomic E-state index is 0.0502. The summed E-state index contributed by atoms with van der Waals surface area (Å²) in [7, 11) is 0. The molecule has 24 heavy (non-hydrogen) atoms. The molecule has 122 valence electrons. The van der Waals surface area contributed by atoms with Gasteiger partial charge in [-0.05, 0) is 25.1 Å². The molecule has 0 bridgehead atoms. The van der Waals surface area contributed by atoms with Crippen LogP contribution in [0.15, 0.2) is 53.9 Å². The van der Waals surface area contributed by atoms with Gasteiger partial charge in [-0.25, -0.2) is 4.98 Å². The van der Waals surface area contributed by atoms with Crippen molar-refractivity contribution in [3.05, 3.63) is 75.3 Å². The average molecular weight is 341 g/mol. The van der Waals surface area contributed by atoms with Crippen molar-refractivity contribution in [1.82, 2.24) is 4.98 Å². The zero-order chi connectivity index (χ0) is 16.9. The van der Waals surface area contributed by atoms with Gasteiger partial charge in [0.05, 0.1) is 10.6 Å². The molecule has 0 aliphatic heterocycles. The molecule has 1 heterocycles. The first-order valence-electron chi connectivity index (χ1n) is 7.26. The van der Waals surface area contributed by atoms with Gasteiger partial charge in [-0.1, -0.05) is 29.8 Å². The minimum Gasteiger partial charge on any atom is -0.480 e. The highest BCUT2D eigenvalue weighted by molar-refractivity contribution is 7.13. The lowest BCUT2D eigenvalue weighted by molar-refractivity contribution is -0.385. The Bertz CT molecular complexity index is 846. The van der Waals surface area contributed by atoms with Crippen LogP contribution in [0.2, 0.25) is 0 Å². The van der Waals surface area contributed by atoms with Crippen LogP contribution in [0.25, 0.3) is 0 Å². The van der Waals surface area contributed by atoms with E-state index in [9.17, 15) is 10.1 Å². The van der Waals surface area contributed by atoms with E-state index < -0.39 is 4.92 Å². The molecule has 1 N–H and O–H groups in total. The first-order chi connectivity index (χ1) is 11.6. The molecule has 3 rings (SSSR count). The summed E-state index contributed by atoms with van der Waals surface area (Å²) in [5.74, 6) is 0.239. The predicted octanol–water partition coefficient (Wildman–Crippen LogP) is 4.68. The van der Waals surface area contributed by atoms with E-state index in [1.807, 2.05) is 36.6 Å². The van der Waals surface area contributed by atoms with Crippen molar-refractivity contribution in [3.63, 3.8) is 0 Å². The van der Waals surface area contributed by atoms with E-state index in [-0.39, 0.29) is 18.0 Å². The second-order valence-corrected chi connectivity index (χ2v) is 6.01. The van der Waals surface area contributed by atoms with Gasteiger partial charge in [0, 0.05) is 17.1 Å². The maximum atomic E-state index is 11.0. The Morgan fingerprint density at radius 3 is 2.71 bits per heavy atom. The number of nitrogens with one attached hydrogen (secondary N) is 1. The summed E-state index contributed by atoms with van der Waals surface area (Å²) >= 11 is 1.46. The molecule has 6 nitrogen and oxygen atoms in total. The average Bonchev–Trinajstić information content (AvgIpc) is 3.03. The van der Waals surface area contributed by atoms with Crippen LogP contribution in [0.4, 0.5) is 16.5 Å². The van der Waals surface area contributed by atoms with Crippen molar-refractivity contribution < 1.29 is 9.66 Å². The maximum absolute atomic E-state index is 11.0. The molecule has 0 atom stereocenters. The fraction of sp³-hybridized carbons (Fsp3) is 0.118. The monoisotopic (exact) mass is 341 g/mol. The number of nitro groups is 1. The van der Waals surface area contributed by atoms with Crippen LogP contribution in [0.5, 0.6) is 5.75 Å². The normalized spacial score (nSPS) is 10.4. The van der Waals surface area contributed by atoms with E-state index >= 15 is 0 Å². The Labute approximate surface area is 142 Å². The van der Waals surface area contributed by atoms with Crippen LogP contribution >= 0.6 is 11.3 Å². The summed E-state index contributed by atoms with van der Waals surface area (Å²) in [6.45, 7) is 2.21. The Balaban J connectivity index is 1.64. The lowest BCUT2D eigenvalue weighted by Crippen LogP contribution is -1.99. The minimum atomic E-state index is -0.458. The predicted molar refractivity (Wildman–Crippen MR) is 94.0 cm³/mol. The SMILES string of the molecule is Cc1ccc(Nc2nc(COc3ccccc3[N+](=O)[O-])cs2)cc1. The molecule has 0 saturated heterocycles. The van der Waals surface area contributed by atoms with E-state index in [1.165, 1.54) is 23.0 Å². The molecular weight excluding hydrogens is 326 g/mol. The number of aryl methyl sites for hydroxylation is 1. The number of ether oxygens (including phenoxy) is 1. The summed E-state index contributed by atoms with van der Waals surface area (Å²) < 4.78 is 5.54. The molecule has 0 radical (unpaired) electrons. The zero-order valence-electron chi connectivity index (χ0n) is 12.9. The number of nitrogens with zero attached hydrogens (tertiary/aromatic N) is 2. The molecule has 2 aromatic carbocycles. The molecule has 0 fully saturated rings. The maximum Gasteiger partial charge on any atom is 0.310 e. The standard InChI is InChI=1S/C17H15N3O3S/c1-12-6-8-13(9-7-12)18-17-19-14(11-24-17)10-23-16-5-3-2-4-15(16)20(21)22/h2-9,11H,10H2,1H3,(H,18,19). The van der Waals surface area contributed by atoms with Gasteiger partial charge in [0.2, 0.25) is 0 Å². The molecule has 0 aliphatic carbocycles. The number of nitro benzene ring substituents is 1. The van der Waals surface area contributed by atoms with Crippen LogP contribution in [-0.4, -0.2) is 9.91 Å². The van der Waals surface area contributed by atoms with Gasteiger partial charge in [-0.15, -0.1) is 11.3 Å². The van der Waals surface area contributed by atoms with Crippen LogP contribution in [-0.2, 0) is 6.61 Å². The summed E-state index contributed by atoms with van der Waals surface area (Å²) in [5, 5.41) is 16.8. The lowest BCUT2D eigenvalue weighted by atomic mass is 10.2. The van der Waals surface area contributed by atoms with Crippen molar-refractivity contribution in [2.75, 3.05) is 5.32 Å². The van der Waals surface area contributed by atoms with Gasteiger partial charge < -0.3 is 10.1 Å². The van der Waals surface area contributed by atoms with Crippen molar-refractivity contribution in [3.8, 4) is 5.75 Å². The van der Waals surface area contributed by atoms with Gasteiger partial charge >= 0.3 is 5.69 Å². The first-order valence-corrected chi connectivity index (χ1v) is 8.14. The van der Waals surface area contributed by atoms with Crippen molar-refractivity contribution >= 4 is 27.8 Å². The number of benzene rings is 2. The molecule has 0 unspecified atom stereocenters. The first kappa shape index (κ1) is 15.9. The Hall–Kier alpha value is -2.93. The highest BCUT2D eigenvalue weighted by Crippen LogP contribution is 2.27. The molecule has 7 heteroatoms. The Morgan fingerprint density at radius 2 is 1.96 bits per heavy atom. The lowest BCUT2D eigenvalue weighted by Gasteiger charge is -2.05. The van der Waals surface area contributed by atoms with Crippen LogP contribution in [0.3, 0.4) is 0 Å². The zero-order valence-corrected chi connectivity index (χ0v) is 13.7. The smallest absolute Gasteiger partial charge is 0.310 e. The summed E-state index contributed by atoms with van der Waals surface area (Å²) in [4.78, 5) is 14.9. The van der Waals surface area contributed by atoms with E-state index in [2.05, 4.69) is 10.3 Å². The van der Waals surface area contributed by atoms with E-state index in [4.69, 9.17) is 4.74 Å². The highest BCUT2D eigenvalue weighted by Gasteiger charge is 2.14. The van der Waals surface area contributed by atoms with Crippen LogP contribution in [0, 0.1) is 17.0 Å². The quantitative estimate of drug-likeness (QED) is 0.520. The number of rotatable bonds is 6. The summed E-state index contributed by atoms with van der Waals surface area (Å²) in [5.41, 5.74) is 2.82. The number of anilines is 2. The Morgan fingerprint density at radius 1 is 1.21 bits per heavy atom. The van der Waals surface area contributed by atoms with E-state index in [0.29, 0.717) is 5.69 Å². The number of hydrogen-bond donors (Lipinski definition) is 1. The fourth-order valence-corrected chi connectivity index (χ4v) is 2.79. The fourth-order valence-electron chi connectivity index (χ4n) is 2.07. The van der Waals surface area contributed by atoms with Crippen molar-refractivity contribution in [2.45, 2.75) is 13.5 Å². The number of aromatic nitrogens is 1. The molecule has 0 spiro atoms. The second kappa shape index (κ2) is 7.10. The Kier molecular flexibility index (Phi) is 4.72. The van der Waals surface area contributed by atoms with E-state index in [0.717, 1.165) is 10.8 Å².